The number of aliphatic hydroxyl groups is 1. The molecule has 1 aliphatic rings. The van der Waals surface area contributed by atoms with E-state index >= 15 is 0 Å². The van der Waals surface area contributed by atoms with Crippen molar-refractivity contribution in [2.45, 2.75) is 25.9 Å². The van der Waals surface area contributed by atoms with Crippen LogP contribution < -0.4 is 5.32 Å². The fourth-order valence-electron chi connectivity index (χ4n) is 3.50. The van der Waals surface area contributed by atoms with Gasteiger partial charge < -0.3 is 10.4 Å². The van der Waals surface area contributed by atoms with Gasteiger partial charge in [0.05, 0.1) is 11.3 Å². The van der Waals surface area contributed by atoms with E-state index in [1.807, 2.05) is 32.2 Å². The Bertz CT molecular complexity index is 713. The van der Waals surface area contributed by atoms with Gasteiger partial charge in [0, 0.05) is 44.9 Å². The summed E-state index contributed by atoms with van der Waals surface area (Å²) in [5, 5.41) is 17.0. The molecule has 1 aromatic heterocycles. The van der Waals surface area contributed by atoms with Crippen LogP contribution in [0.1, 0.15) is 28.0 Å². The number of carbonyl (C=O) groups excluding carboxylic acids is 1. The van der Waals surface area contributed by atoms with E-state index in [1.54, 1.807) is 10.9 Å². The van der Waals surface area contributed by atoms with Gasteiger partial charge in [0.25, 0.3) is 5.91 Å². The van der Waals surface area contributed by atoms with Crippen LogP contribution in [0.3, 0.4) is 0 Å². The lowest BCUT2D eigenvalue weighted by molar-refractivity contribution is 0.0730. The third-order valence-corrected chi connectivity index (χ3v) is 4.90. The molecule has 1 aromatic carbocycles. The number of benzene rings is 1. The maximum absolute atomic E-state index is 12.6. The van der Waals surface area contributed by atoms with Gasteiger partial charge in [0.1, 0.15) is 0 Å². The van der Waals surface area contributed by atoms with Crippen molar-refractivity contribution in [2.75, 3.05) is 19.7 Å². The van der Waals surface area contributed by atoms with Gasteiger partial charge in [-0.15, -0.1) is 0 Å². The molecule has 134 valence electrons. The topological polar surface area (TPSA) is 70.4 Å². The number of aryl methyl sites for hydroxylation is 2. The van der Waals surface area contributed by atoms with E-state index in [0.29, 0.717) is 5.56 Å². The SMILES string of the molecule is Cc1nn(C)cc1C(=O)NC1CN(Cc2ccccc2)CCC1CO. The fourth-order valence-corrected chi connectivity index (χ4v) is 3.50. The molecular weight excluding hydrogens is 316 g/mol. The number of hydrogen-bond donors (Lipinski definition) is 2. The zero-order valence-corrected chi connectivity index (χ0v) is 14.9. The predicted octanol–water partition coefficient (Wildman–Crippen LogP) is 1.34. The molecule has 1 aliphatic heterocycles. The Kier molecular flexibility index (Phi) is 5.50. The molecule has 0 aliphatic carbocycles. The molecule has 6 heteroatoms. The number of nitrogens with one attached hydrogen (secondary N) is 1. The monoisotopic (exact) mass is 342 g/mol. The van der Waals surface area contributed by atoms with E-state index in [2.05, 4.69) is 27.4 Å². The normalized spacial score (nSPS) is 21.2. The standard InChI is InChI=1S/C19H26N4O2/c1-14-17(11-22(2)21-14)19(25)20-18-12-23(9-8-16(18)13-24)10-15-6-4-3-5-7-15/h3-7,11,16,18,24H,8-10,12-13H2,1-2H3,(H,20,25). The Balaban J connectivity index is 1.66. The second-order valence-electron chi connectivity index (χ2n) is 6.83. The van der Waals surface area contributed by atoms with Crippen molar-refractivity contribution in [1.29, 1.82) is 0 Å². The average Bonchev–Trinajstić information content (AvgIpc) is 2.94. The van der Waals surface area contributed by atoms with E-state index in [0.717, 1.165) is 31.7 Å². The van der Waals surface area contributed by atoms with E-state index in [4.69, 9.17) is 0 Å². The highest BCUT2D eigenvalue weighted by atomic mass is 16.3. The molecule has 2 N–H and O–H groups in total. The minimum atomic E-state index is -0.115. The first-order chi connectivity index (χ1) is 12.1. The maximum Gasteiger partial charge on any atom is 0.255 e. The fraction of sp³-hybridized carbons (Fsp3) is 0.474. The molecule has 2 atom stereocenters. The van der Waals surface area contributed by atoms with Crippen molar-refractivity contribution in [3.05, 3.63) is 53.3 Å². The summed E-state index contributed by atoms with van der Waals surface area (Å²) in [4.78, 5) is 14.9. The number of aromatic nitrogens is 2. The van der Waals surface area contributed by atoms with Gasteiger partial charge in [-0.05, 0) is 25.5 Å². The van der Waals surface area contributed by atoms with Gasteiger partial charge in [-0.2, -0.15) is 5.10 Å². The van der Waals surface area contributed by atoms with Crippen LogP contribution >= 0.6 is 0 Å². The molecule has 0 bridgehead atoms. The number of likely N-dealkylation sites (tertiary alicyclic amines) is 1. The number of piperidine rings is 1. The minimum absolute atomic E-state index is 0.0606. The molecule has 2 unspecified atom stereocenters. The molecule has 2 heterocycles. The highest BCUT2D eigenvalue weighted by molar-refractivity contribution is 5.95. The molecule has 1 saturated heterocycles. The van der Waals surface area contributed by atoms with Gasteiger partial charge >= 0.3 is 0 Å². The molecule has 0 saturated carbocycles. The zero-order chi connectivity index (χ0) is 17.8. The summed E-state index contributed by atoms with van der Waals surface area (Å²) in [5.74, 6) is -0.0245. The van der Waals surface area contributed by atoms with Crippen LogP contribution in [0.25, 0.3) is 0 Å². The van der Waals surface area contributed by atoms with Crippen LogP contribution in [-0.4, -0.2) is 51.4 Å². The lowest BCUT2D eigenvalue weighted by Gasteiger charge is -2.38. The summed E-state index contributed by atoms with van der Waals surface area (Å²) >= 11 is 0. The smallest absolute Gasteiger partial charge is 0.255 e. The molecule has 0 radical (unpaired) electrons. The van der Waals surface area contributed by atoms with E-state index < -0.39 is 0 Å². The van der Waals surface area contributed by atoms with Crippen molar-refractivity contribution in [1.82, 2.24) is 20.0 Å². The van der Waals surface area contributed by atoms with Crippen LogP contribution in [0.2, 0.25) is 0 Å². The van der Waals surface area contributed by atoms with Gasteiger partial charge in [0.15, 0.2) is 0 Å². The Morgan fingerprint density at radius 3 is 2.76 bits per heavy atom. The molecule has 0 spiro atoms. The highest BCUT2D eigenvalue weighted by Crippen LogP contribution is 2.20. The second-order valence-corrected chi connectivity index (χ2v) is 6.83. The van der Waals surface area contributed by atoms with E-state index in [9.17, 15) is 9.90 Å². The first kappa shape index (κ1) is 17.6. The van der Waals surface area contributed by atoms with Gasteiger partial charge in [-0.1, -0.05) is 30.3 Å². The second kappa shape index (κ2) is 7.80. The van der Waals surface area contributed by atoms with Crippen LogP contribution in [-0.2, 0) is 13.6 Å². The number of rotatable bonds is 5. The summed E-state index contributed by atoms with van der Waals surface area (Å²) in [7, 11) is 1.81. The molecule has 25 heavy (non-hydrogen) atoms. The van der Waals surface area contributed by atoms with Gasteiger partial charge in [-0.25, -0.2) is 0 Å². The van der Waals surface area contributed by atoms with Crippen LogP contribution in [0.5, 0.6) is 0 Å². The predicted molar refractivity (Wildman–Crippen MR) is 96.1 cm³/mol. The van der Waals surface area contributed by atoms with Crippen molar-refractivity contribution < 1.29 is 9.90 Å². The Labute approximate surface area is 148 Å². The van der Waals surface area contributed by atoms with Crippen LogP contribution in [0.4, 0.5) is 0 Å². The van der Waals surface area contributed by atoms with Crippen molar-refractivity contribution in [3.63, 3.8) is 0 Å². The summed E-state index contributed by atoms with van der Waals surface area (Å²) in [5.41, 5.74) is 2.58. The first-order valence-corrected chi connectivity index (χ1v) is 8.75. The quantitative estimate of drug-likeness (QED) is 0.860. The van der Waals surface area contributed by atoms with E-state index in [-0.39, 0.29) is 24.5 Å². The van der Waals surface area contributed by atoms with Crippen LogP contribution in [0.15, 0.2) is 36.5 Å². The zero-order valence-electron chi connectivity index (χ0n) is 14.9. The number of nitrogens with zero attached hydrogens (tertiary/aromatic N) is 3. The average molecular weight is 342 g/mol. The number of hydrogen-bond acceptors (Lipinski definition) is 4. The third kappa shape index (κ3) is 4.27. The third-order valence-electron chi connectivity index (χ3n) is 4.90. The molecule has 3 rings (SSSR count). The lowest BCUT2D eigenvalue weighted by atomic mass is 9.91. The Hall–Kier alpha value is -2.18. The first-order valence-electron chi connectivity index (χ1n) is 8.75. The van der Waals surface area contributed by atoms with Crippen molar-refractivity contribution in [3.8, 4) is 0 Å². The molecule has 1 amide bonds. The van der Waals surface area contributed by atoms with Crippen molar-refractivity contribution in [2.24, 2.45) is 13.0 Å². The molecule has 6 nitrogen and oxygen atoms in total. The highest BCUT2D eigenvalue weighted by Gasteiger charge is 2.30. The lowest BCUT2D eigenvalue weighted by Crippen LogP contribution is -2.53. The summed E-state index contributed by atoms with van der Waals surface area (Å²) < 4.78 is 1.65. The Morgan fingerprint density at radius 1 is 1.36 bits per heavy atom. The largest absolute Gasteiger partial charge is 0.396 e. The number of amides is 1. The molecule has 1 fully saturated rings. The number of carbonyl (C=O) groups is 1. The molecule has 2 aromatic rings. The Morgan fingerprint density at radius 2 is 2.12 bits per heavy atom. The number of aliphatic hydroxyl groups excluding tert-OH is 1. The summed E-state index contributed by atoms with van der Waals surface area (Å²) in [6.45, 7) is 4.46. The maximum atomic E-state index is 12.6. The summed E-state index contributed by atoms with van der Waals surface area (Å²) in [6.07, 6.45) is 2.61. The van der Waals surface area contributed by atoms with Gasteiger partial charge in [0.2, 0.25) is 0 Å². The van der Waals surface area contributed by atoms with Crippen molar-refractivity contribution >= 4 is 5.91 Å². The minimum Gasteiger partial charge on any atom is -0.396 e. The van der Waals surface area contributed by atoms with Gasteiger partial charge in [-0.3, -0.25) is 14.4 Å². The summed E-state index contributed by atoms with van der Waals surface area (Å²) in [6, 6.07) is 10.3. The van der Waals surface area contributed by atoms with Crippen LogP contribution in [0, 0.1) is 12.8 Å². The molecular formula is C19H26N4O2. The van der Waals surface area contributed by atoms with E-state index in [1.165, 1.54) is 5.56 Å².